The van der Waals surface area contributed by atoms with Crippen molar-refractivity contribution >= 4 is 41.7 Å². The van der Waals surface area contributed by atoms with Gasteiger partial charge in [-0.3, -0.25) is 14.4 Å². The Bertz CT molecular complexity index is 1230. The maximum atomic E-state index is 12.8. The van der Waals surface area contributed by atoms with Gasteiger partial charge < -0.3 is 34.2 Å². The SMILES string of the molecule is CC.CCCCCCCCCCCOC.CCCCCCCCCOC(=O)CCCCCCC=O.CCc1sc2c(c1C(=O)NCCCN(C)C)CCN(C(=O)CCCCC=O)C2. The topological polar surface area (TPSA) is 122 Å². The van der Waals surface area contributed by atoms with E-state index in [1.54, 1.807) is 18.4 Å². The maximum Gasteiger partial charge on any atom is 0.305 e. The number of nitrogens with one attached hydrogen (secondary N) is 1. The summed E-state index contributed by atoms with van der Waals surface area (Å²) >= 11 is 1.68. The van der Waals surface area contributed by atoms with Crippen molar-refractivity contribution in [3.05, 3.63) is 20.9 Å². The molecule has 0 fully saturated rings. The van der Waals surface area contributed by atoms with Gasteiger partial charge >= 0.3 is 5.97 Å². The van der Waals surface area contributed by atoms with Crippen LogP contribution < -0.4 is 5.32 Å². The number of nitrogens with zero attached hydrogens (tertiary/aromatic N) is 2. The van der Waals surface area contributed by atoms with Crippen LogP contribution >= 0.6 is 11.3 Å². The van der Waals surface area contributed by atoms with Gasteiger partial charge in [0, 0.05) is 62.2 Å². The molecule has 1 aromatic rings. The van der Waals surface area contributed by atoms with Crippen molar-refractivity contribution in [3.63, 3.8) is 0 Å². The van der Waals surface area contributed by atoms with Crippen molar-refractivity contribution in [1.82, 2.24) is 15.1 Å². The van der Waals surface area contributed by atoms with Crippen LogP contribution in [0.25, 0.3) is 0 Å². The van der Waals surface area contributed by atoms with E-state index in [0.29, 0.717) is 51.9 Å². The Kier molecular flexibility index (Phi) is 46.9. The molecule has 10 nitrogen and oxygen atoms in total. The molecule has 368 valence electrons. The molecular weight excluding hydrogens is 811 g/mol. The molecule has 2 heterocycles. The molecule has 11 heteroatoms. The summed E-state index contributed by atoms with van der Waals surface area (Å²) in [6.45, 7) is 15.0. The van der Waals surface area contributed by atoms with Gasteiger partial charge in [-0.2, -0.15) is 0 Å². The van der Waals surface area contributed by atoms with Crippen molar-refractivity contribution in [2.75, 3.05) is 54.1 Å². The summed E-state index contributed by atoms with van der Waals surface area (Å²) in [6, 6.07) is 0. The third kappa shape index (κ3) is 36.3. The Morgan fingerprint density at radius 1 is 0.683 bits per heavy atom. The molecule has 0 aromatic carbocycles. The van der Waals surface area contributed by atoms with E-state index in [-0.39, 0.29) is 17.8 Å². The van der Waals surface area contributed by atoms with Crippen molar-refractivity contribution in [2.45, 2.75) is 227 Å². The first-order valence-electron chi connectivity index (χ1n) is 25.6. The first-order valence-corrected chi connectivity index (χ1v) is 26.4. The Labute approximate surface area is 391 Å². The van der Waals surface area contributed by atoms with Crippen molar-refractivity contribution < 1.29 is 33.4 Å². The van der Waals surface area contributed by atoms with Gasteiger partial charge in [-0.1, -0.05) is 137 Å². The van der Waals surface area contributed by atoms with Gasteiger partial charge in [0.1, 0.15) is 12.6 Å². The molecule has 2 amide bonds. The first-order chi connectivity index (χ1) is 30.7. The lowest BCUT2D eigenvalue weighted by Gasteiger charge is -2.27. The number of esters is 1. The highest BCUT2D eigenvalue weighted by molar-refractivity contribution is 7.12. The number of carbonyl (C=O) groups excluding carboxylic acids is 5. The monoisotopic (exact) mass is 908 g/mol. The van der Waals surface area contributed by atoms with E-state index < -0.39 is 0 Å². The van der Waals surface area contributed by atoms with Crippen LogP contribution in [-0.4, -0.2) is 94.2 Å². The van der Waals surface area contributed by atoms with E-state index in [4.69, 9.17) is 9.47 Å². The van der Waals surface area contributed by atoms with Crippen LogP contribution in [0.4, 0.5) is 0 Å². The molecule has 63 heavy (non-hydrogen) atoms. The molecule has 1 aliphatic rings. The molecule has 0 radical (unpaired) electrons. The zero-order valence-corrected chi connectivity index (χ0v) is 42.9. The first kappa shape index (κ1) is 62.5. The molecule has 0 unspecified atom stereocenters. The molecule has 1 aliphatic heterocycles. The van der Waals surface area contributed by atoms with Gasteiger partial charge in [-0.05, 0) is 84.0 Å². The minimum absolute atomic E-state index is 0.0294. The van der Waals surface area contributed by atoms with Crippen molar-refractivity contribution in [1.29, 1.82) is 0 Å². The summed E-state index contributed by atoms with van der Waals surface area (Å²) in [5.74, 6) is 0.116. The lowest BCUT2D eigenvalue weighted by atomic mass is 9.99. The predicted molar refractivity (Wildman–Crippen MR) is 266 cm³/mol. The lowest BCUT2D eigenvalue weighted by molar-refractivity contribution is -0.144. The number of hydrogen-bond donors (Lipinski definition) is 1. The van der Waals surface area contributed by atoms with Gasteiger partial charge in [0.25, 0.3) is 5.91 Å². The summed E-state index contributed by atoms with van der Waals surface area (Å²) in [5, 5.41) is 3.07. The number of fused-ring (bicyclic) bond motifs is 1. The van der Waals surface area contributed by atoms with Crippen molar-refractivity contribution in [2.24, 2.45) is 0 Å². The molecular formula is C52H97N3O7S. The van der Waals surface area contributed by atoms with E-state index in [2.05, 4.69) is 31.0 Å². The van der Waals surface area contributed by atoms with E-state index in [1.165, 1.54) is 96.3 Å². The van der Waals surface area contributed by atoms with Crippen LogP contribution in [0.5, 0.6) is 0 Å². The van der Waals surface area contributed by atoms with Crippen LogP contribution in [0.2, 0.25) is 0 Å². The van der Waals surface area contributed by atoms with Crippen molar-refractivity contribution in [3.8, 4) is 0 Å². The Hall–Kier alpha value is -2.63. The molecule has 0 atom stereocenters. The maximum absolute atomic E-state index is 12.8. The zero-order chi connectivity index (χ0) is 47.2. The average molecular weight is 908 g/mol. The fourth-order valence-corrected chi connectivity index (χ4v) is 8.57. The molecule has 0 bridgehead atoms. The third-order valence-corrected chi connectivity index (χ3v) is 12.3. The molecule has 0 saturated heterocycles. The number of methoxy groups -OCH3 is 1. The largest absolute Gasteiger partial charge is 0.466 e. The standard InChI is InChI=1S/C21H33N3O3S.C17H32O3.C12H26O.C2H6/c1-4-17-20(21(27)22-11-8-12-23(2)3)16-10-13-24(15-18(16)28-17)19(26)9-6-5-7-14-25;1-2-3-4-5-6-10-13-16-20-17(19)14-11-8-7-9-12-15-18;1-3-4-5-6-7-8-9-10-11-12-13-2;1-2/h14H,4-13,15H2,1-3H3,(H,22,27);15H,2-14,16H2,1H3;3-12H2,1-2H3;1-2H3. The van der Waals surface area contributed by atoms with Crippen LogP contribution in [0.3, 0.4) is 0 Å². The Balaban J connectivity index is 0. The number of ether oxygens (including phenoxy) is 2. The number of aldehydes is 2. The van der Waals surface area contributed by atoms with Gasteiger partial charge in [-0.15, -0.1) is 11.3 Å². The van der Waals surface area contributed by atoms with Crippen LogP contribution in [0, 0.1) is 0 Å². The van der Waals surface area contributed by atoms with Gasteiger partial charge in [0.15, 0.2) is 0 Å². The van der Waals surface area contributed by atoms with E-state index in [9.17, 15) is 24.0 Å². The molecule has 0 aliphatic carbocycles. The summed E-state index contributed by atoms with van der Waals surface area (Å²) in [4.78, 5) is 63.5. The molecule has 2 rings (SSSR count). The van der Waals surface area contributed by atoms with E-state index >= 15 is 0 Å². The molecule has 0 saturated carbocycles. The second-order valence-electron chi connectivity index (χ2n) is 16.8. The normalized spacial score (nSPS) is 11.6. The summed E-state index contributed by atoms with van der Waals surface area (Å²) in [6.07, 6.45) is 33.1. The second-order valence-corrected chi connectivity index (χ2v) is 18.0. The Morgan fingerprint density at radius 3 is 1.73 bits per heavy atom. The van der Waals surface area contributed by atoms with Gasteiger partial charge in [0.2, 0.25) is 5.91 Å². The molecule has 0 spiro atoms. The second kappa shape index (κ2) is 47.3. The van der Waals surface area contributed by atoms with E-state index in [0.717, 1.165) is 111 Å². The minimum atomic E-state index is -0.0635. The Morgan fingerprint density at radius 2 is 1.19 bits per heavy atom. The summed E-state index contributed by atoms with van der Waals surface area (Å²) < 4.78 is 10.2. The zero-order valence-electron chi connectivity index (χ0n) is 42.1. The number of carbonyl (C=O) groups is 5. The quantitative estimate of drug-likeness (QED) is 0.0401. The van der Waals surface area contributed by atoms with Crippen LogP contribution in [0.1, 0.15) is 234 Å². The van der Waals surface area contributed by atoms with Gasteiger partial charge in [0.05, 0.1) is 18.7 Å². The highest BCUT2D eigenvalue weighted by Crippen LogP contribution is 2.34. The number of aryl methyl sites for hydroxylation is 1. The summed E-state index contributed by atoms with van der Waals surface area (Å²) in [7, 11) is 5.84. The minimum Gasteiger partial charge on any atom is -0.466 e. The van der Waals surface area contributed by atoms with Gasteiger partial charge in [-0.25, -0.2) is 0 Å². The highest BCUT2D eigenvalue weighted by atomic mass is 32.1. The fourth-order valence-electron chi connectivity index (χ4n) is 7.26. The number of unbranched alkanes of at least 4 members (excludes halogenated alkanes) is 20. The number of amides is 2. The van der Waals surface area contributed by atoms with Crippen LogP contribution in [-0.2, 0) is 48.0 Å². The summed E-state index contributed by atoms with van der Waals surface area (Å²) in [5.41, 5.74) is 1.99. The fraction of sp³-hybridized carbons (Fsp3) is 0.827. The van der Waals surface area contributed by atoms with E-state index in [1.807, 2.05) is 32.8 Å². The smallest absolute Gasteiger partial charge is 0.305 e. The lowest BCUT2D eigenvalue weighted by Crippen LogP contribution is -2.36. The highest BCUT2D eigenvalue weighted by Gasteiger charge is 2.28. The third-order valence-electron chi connectivity index (χ3n) is 11.0. The number of rotatable bonds is 36. The predicted octanol–water partition coefficient (Wildman–Crippen LogP) is 12.6. The molecule has 1 aromatic heterocycles. The molecule has 1 N–H and O–H groups in total. The van der Waals surface area contributed by atoms with Crippen LogP contribution in [0.15, 0.2) is 0 Å². The number of hydrogen-bond acceptors (Lipinski definition) is 9. The number of thiophene rings is 1. The average Bonchev–Trinajstić information content (AvgIpc) is 3.67.